The lowest BCUT2D eigenvalue weighted by atomic mass is 9.92. The molecule has 0 aromatic carbocycles. The molecule has 0 fully saturated rings. The zero-order chi connectivity index (χ0) is 13.2. The molecule has 0 spiro atoms. The van der Waals surface area contributed by atoms with Gasteiger partial charge in [-0.25, -0.2) is 14.8 Å². The van der Waals surface area contributed by atoms with Gasteiger partial charge in [0.05, 0.1) is 11.7 Å². The minimum absolute atomic E-state index is 0.134. The van der Waals surface area contributed by atoms with Gasteiger partial charge < -0.3 is 15.4 Å². The quantitative estimate of drug-likeness (QED) is 0.769. The molecule has 1 amide bonds. The fraction of sp³-hybridized carbons (Fsp3) is 0.308. The van der Waals surface area contributed by atoms with E-state index in [1.54, 1.807) is 0 Å². The second-order valence-corrected chi connectivity index (χ2v) is 4.60. The lowest BCUT2D eigenvalue weighted by Gasteiger charge is -2.20. The van der Waals surface area contributed by atoms with Crippen LogP contribution in [-0.4, -0.2) is 32.2 Å². The molecular formula is C13H14N4O2. The third-order valence-corrected chi connectivity index (χ3v) is 3.33. The van der Waals surface area contributed by atoms with Gasteiger partial charge in [0.15, 0.2) is 0 Å². The molecule has 2 heterocycles. The molecule has 1 aliphatic rings. The van der Waals surface area contributed by atoms with E-state index < -0.39 is 6.09 Å². The van der Waals surface area contributed by atoms with Crippen molar-refractivity contribution in [3.63, 3.8) is 0 Å². The van der Waals surface area contributed by atoms with E-state index in [9.17, 15) is 4.79 Å². The molecule has 1 atom stereocenters. The largest absolute Gasteiger partial charge is 0.465 e. The summed E-state index contributed by atoms with van der Waals surface area (Å²) in [5.74, 6) is 0. The molecule has 0 saturated heterocycles. The molecule has 98 valence electrons. The molecular weight excluding hydrogens is 244 g/mol. The van der Waals surface area contributed by atoms with Gasteiger partial charge >= 0.3 is 6.09 Å². The number of carbonyl (C=O) groups is 1. The molecule has 19 heavy (non-hydrogen) atoms. The second kappa shape index (κ2) is 4.72. The van der Waals surface area contributed by atoms with Crippen LogP contribution in [0.3, 0.4) is 0 Å². The molecule has 6 heteroatoms. The van der Waals surface area contributed by atoms with E-state index in [-0.39, 0.29) is 6.04 Å². The number of nitrogens with zero attached hydrogens (tertiary/aromatic N) is 2. The molecule has 0 aliphatic heterocycles. The first-order valence-corrected chi connectivity index (χ1v) is 6.22. The molecule has 2 aromatic heterocycles. The SMILES string of the molecule is O=C(O)NC1C=C(c2ncnc3[nH]ccc23)CCC1. The average molecular weight is 258 g/mol. The van der Waals surface area contributed by atoms with Crippen LogP contribution in [0.4, 0.5) is 4.79 Å². The van der Waals surface area contributed by atoms with Gasteiger partial charge in [0.1, 0.15) is 12.0 Å². The Morgan fingerprint density at radius 1 is 1.47 bits per heavy atom. The van der Waals surface area contributed by atoms with Crippen LogP contribution in [0.15, 0.2) is 24.7 Å². The highest BCUT2D eigenvalue weighted by atomic mass is 16.4. The minimum atomic E-state index is -0.989. The van der Waals surface area contributed by atoms with Crippen molar-refractivity contribution in [1.29, 1.82) is 0 Å². The summed E-state index contributed by atoms with van der Waals surface area (Å²) >= 11 is 0. The first kappa shape index (κ1) is 11.7. The summed E-state index contributed by atoms with van der Waals surface area (Å²) in [6.07, 6.45) is 7.03. The van der Waals surface area contributed by atoms with Crippen molar-refractivity contribution in [2.24, 2.45) is 0 Å². The number of allylic oxidation sites excluding steroid dienone is 1. The number of hydrogen-bond acceptors (Lipinski definition) is 3. The minimum Gasteiger partial charge on any atom is -0.465 e. The van der Waals surface area contributed by atoms with Gasteiger partial charge in [0.2, 0.25) is 0 Å². The molecule has 0 bridgehead atoms. The van der Waals surface area contributed by atoms with Crippen LogP contribution in [0.25, 0.3) is 16.6 Å². The highest BCUT2D eigenvalue weighted by molar-refractivity contribution is 5.88. The van der Waals surface area contributed by atoms with E-state index >= 15 is 0 Å². The van der Waals surface area contributed by atoms with Crippen LogP contribution >= 0.6 is 0 Å². The maximum Gasteiger partial charge on any atom is 0.405 e. The normalized spacial score (nSPS) is 19.2. The van der Waals surface area contributed by atoms with Crippen molar-refractivity contribution in [1.82, 2.24) is 20.3 Å². The highest BCUT2D eigenvalue weighted by Gasteiger charge is 2.18. The van der Waals surface area contributed by atoms with Crippen LogP contribution < -0.4 is 5.32 Å². The first-order valence-electron chi connectivity index (χ1n) is 6.22. The van der Waals surface area contributed by atoms with Crippen molar-refractivity contribution < 1.29 is 9.90 Å². The third kappa shape index (κ3) is 2.29. The van der Waals surface area contributed by atoms with E-state index in [0.29, 0.717) is 0 Å². The topological polar surface area (TPSA) is 90.9 Å². The second-order valence-electron chi connectivity index (χ2n) is 4.60. The number of carboxylic acid groups (broad SMARTS) is 1. The average Bonchev–Trinajstić information content (AvgIpc) is 2.86. The Bertz CT molecular complexity index is 647. The van der Waals surface area contributed by atoms with Crippen molar-refractivity contribution in [3.05, 3.63) is 30.4 Å². The smallest absolute Gasteiger partial charge is 0.405 e. The molecule has 3 N–H and O–H groups in total. The maximum atomic E-state index is 10.7. The Balaban J connectivity index is 1.98. The van der Waals surface area contributed by atoms with Gasteiger partial charge in [-0.1, -0.05) is 6.08 Å². The van der Waals surface area contributed by atoms with Crippen molar-refractivity contribution in [2.45, 2.75) is 25.3 Å². The van der Waals surface area contributed by atoms with E-state index in [0.717, 1.165) is 41.6 Å². The molecule has 0 saturated carbocycles. The maximum absolute atomic E-state index is 10.7. The van der Waals surface area contributed by atoms with Crippen LogP contribution in [0.5, 0.6) is 0 Å². The van der Waals surface area contributed by atoms with Gasteiger partial charge in [-0.2, -0.15) is 0 Å². The zero-order valence-corrected chi connectivity index (χ0v) is 10.3. The standard InChI is InChI=1S/C13H14N4O2/c18-13(19)17-9-3-1-2-8(6-9)11-10-4-5-14-12(10)16-7-15-11/h4-7,9,17H,1-3H2,(H,18,19)(H,14,15,16). The number of H-pyrrole nitrogens is 1. The van der Waals surface area contributed by atoms with E-state index in [1.807, 2.05) is 18.3 Å². The fourth-order valence-corrected chi connectivity index (χ4v) is 2.52. The number of aromatic amines is 1. The summed E-state index contributed by atoms with van der Waals surface area (Å²) in [7, 11) is 0. The van der Waals surface area contributed by atoms with Gasteiger partial charge in [-0.05, 0) is 30.9 Å². The van der Waals surface area contributed by atoms with E-state index in [4.69, 9.17) is 5.11 Å². The molecule has 0 radical (unpaired) electrons. The number of rotatable bonds is 2. The first-order chi connectivity index (χ1) is 9.24. The Kier molecular flexibility index (Phi) is 2.91. The third-order valence-electron chi connectivity index (χ3n) is 3.33. The molecule has 6 nitrogen and oxygen atoms in total. The van der Waals surface area contributed by atoms with Crippen LogP contribution in [0.1, 0.15) is 25.0 Å². The van der Waals surface area contributed by atoms with E-state index in [1.165, 1.54) is 6.33 Å². The number of nitrogens with one attached hydrogen (secondary N) is 2. The van der Waals surface area contributed by atoms with Gasteiger partial charge in [0.25, 0.3) is 0 Å². The molecule has 1 unspecified atom stereocenters. The van der Waals surface area contributed by atoms with Gasteiger partial charge in [-0.3, -0.25) is 0 Å². The monoisotopic (exact) mass is 258 g/mol. The number of hydrogen-bond donors (Lipinski definition) is 3. The Hall–Kier alpha value is -2.37. The zero-order valence-electron chi connectivity index (χ0n) is 10.3. The molecule has 2 aromatic rings. The highest BCUT2D eigenvalue weighted by Crippen LogP contribution is 2.29. The Morgan fingerprint density at radius 3 is 3.21 bits per heavy atom. The van der Waals surface area contributed by atoms with E-state index in [2.05, 4.69) is 20.3 Å². The number of fused-ring (bicyclic) bond motifs is 1. The van der Waals surface area contributed by atoms with Crippen molar-refractivity contribution in [3.8, 4) is 0 Å². The fourth-order valence-electron chi connectivity index (χ4n) is 2.52. The summed E-state index contributed by atoms with van der Waals surface area (Å²) in [4.78, 5) is 22.3. The van der Waals surface area contributed by atoms with Crippen molar-refractivity contribution >= 4 is 22.7 Å². The lowest BCUT2D eigenvalue weighted by molar-refractivity contribution is 0.191. The Morgan fingerprint density at radius 2 is 2.37 bits per heavy atom. The lowest BCUT2D eigenvalue weighted by Crippen LogP contribution is -2.33. The Labute approximate surface area is 109 Å². The number of amides is 1. The summed E-state index contributed by atoms with van der Waals surface area (Å²) in [5, 5.41) is 12.3. The predicted molar refractivity (Wildman–Crippen MR) is 70.7 cm³/mol. The predicted octanol–water partition coefficient (Wildman–Crippen LogP) is 2.16. The summed E-state index contributed by atoms with van der Waals surface area (Å²) in [6, 6.07) is 1.81. The number of aromatic nitrogens is 3. The van der Waals surface area contributed by atoms with Gasteiger partial charge in [-0.15, -0.1) is 0 Å². The summed E-state index contributed by atoms with van der Waals surface area (Å²) in [5.41, 5.74) is 2.78. The van der Waals surface area contributed by atoms with Gasteiger partial charge in [0, 0.05) is 11.6 Å². The van der Waals surface area contributed by atoms with Crippen LogP contribution in [0.2, 0.25) is 0 Å². The summed E-state index contributed by atoms with van der Waals surface area (Å²) in [6.45, 7) is 0. The van der Waals surface area contributed by atoms with Crippen molar-refractivity contribution in [2.75, 3.05) is 0 Å². The van der Waals surface area contributed by atoms with Crippen LogP contribution in [-0.2, 0) is 0 Å². The summed E-state index contributed by atoms with van der Waals surface area (Å²) < 4.78 is 0. The molecule has 3 rings (SSSR count). The molecule has 1 aliphatic carbocycles. The van der Waals surface area contributed by atoms with Crippen LogP contribution in [0, 0.1) is 0 Å².